The minimum absolute atomic E-state index is 0.443. The third kappa shape index (κ3) is 5.62. The lowest BCUT2D eigenvalue weighted by molar-refractivity contribution is 0.169. The summed E-state index contributed by atoms with van der Waals surface area (Å²) in [4.78, 5) is 4.19. The molecule has 30 heavy (non-hydrogen) atoms. The third-order valence-corrected chi connectivity index (χ3v) is 6.97. The average Bonchev–Trinajstić information content (AvgIpc) is 3.03. The molecule has 7 heteroatoms. The number of thiophene rings is 1. The first-order valence-electron chi connectivity index (χ1n) is 10.1. The Morgan fingerprint density at radius 1 is 1.20 bits per heavy atom. The molecular weight excluding hydrogens is 438 g/mol. The van der Waals surface area contributed by atoms with Crippen molar-refractivity contribution in [1.82, 2.24) is 4.90 Å². The molecule has 2 atom stereocenters. The van der Waals surface area contributed by atoms with Gasteiger partial charge in [0.15, 0.2) is 0 Å². The number of unbranched alkanes of at least 4 members (excludes halogenated alkanes) is 1. The van der Waals surface area contributed by atoms with Gasteiger partial charge in [0.2, 0.25) is 0 Å². The molecule has 2 heterocycles. The van der Waals surface area contributed by atoms with E-state index in [2.05, 4.69) is 61.2 Å². The predicted octanol–water partition coefficient (Wildman–Crippen LogP) is 6.19. The number of halogens is 1. The Morgan fingerprint density at radius 2 is 1.87 bits per heavy atom. The predicted molar refractivity (Wildman–Crippen MR) is 127 cm³/mol. The molecule has 162 valence electrons. The molecule has 0 saturated carbocycles. The van der Waals surface area contributed by atoms with E-state index in [4.69, 9.17) is 16.2 Å². The standard InChI is InChI=1S/C22H24ClNS.CH4O3S/c1-3-4-12-24-14-19-18-13-17(23)10-11-20(18)25-22(19)21(15(24)2)16-8-6-5-7-9-16;1-5(2,3)4/h5-11,13,15,21H,3-4,12,14H2,1-2H3;1H3,(H,2,3,4). The summed E-state index contributed by atoms with van der Waals surface area (Å²) in [6.45, 7) is 6.88. The molecule has 0 bridgehead atoms. The third-order valence-electron chi connectivity index (χ3n) is 5.44. The van der Waals surface area contributed by atoms with Crippen LogP contribution in [-0.4, -0.2) is 36.7 Å². The van der Waals surface area contributed by atoms with Gasteiger partial charge in [-0.1, -0.05) is 55.3 Å². The van der Waals surface area contributed by atoms with E-state index in [-0.39, 0.29) is 0 Å². The maximum Gasteiger partial charge on any atom is 0.261 e. The summed E-state index contributed by atoms with van der Waals surface area (Å²) in [6, 6.07) is 17.9. The number of hydrogen-bond acceptors (Lipinski definition) is 4. The van der Waals surface area contributed by atoms with Crippen molar-refractivity contribution < 1.29 is 13.0 Å². The Morgan fingerprint density at radius 3 is 2.50 bits per heavy atom. The van der Waals surface area contributed by atoms with Crippen molar-refractivity contribution >= 4 is 43.1 Å². The molecule has 0 saturated heterocycles. The summed E-state index contributed by atoms with van der Waals surface area (Å²) in [6.07, 6.45) is 3.21. The van der Waals surface area contributed by atoms with Gasteiger partial charge in [-0.15, -0.1) is 11.3 Å². The maximum atomic E-state index is 9.19. The Hall–Kier alpha value is -1.44. The fraction of sp³-hybridized carbons (Fsp3) is 0.391. The Kier molecular flexibility index (Phi) is 7.58. The summed E-state index contributed by atoms with van der Waals surface area (Å²) < 4.78 is 27.2. The first kappa shape index (κ1) is 23.2. The van der Waals surface area contributed by atoms with E-state index < -0.39 is 10.1 Å². The molecule has 1 N–H and O–H groups in total. The number of rotatable bonds is 4. The van der Waals surface area contributed by atoms with Gasteiger partial charge in [0, 0.05) is 33.1 Å². The number of benzene rings is 2. The maximum absolute atomic E-state index is 9.19. The summed E-state index contributed by atoms with van der Waals surface area (Å²) >= 11 is 8.27. The van der Waals surface area contributed by atoms with E-state index >= 15 is 0 Å². The van der Waals surface area contributed by atoms with Crippen molar-refractivity contribution in [3.8, 4) is 0 Å². The van der Waals surface area contributed by atoms with Crippen LogP contribution >= 0.6 is 22.9 Å². The van der Waals surface area contributed by atoms with Crippen LogP contribution in [0.2, 0.25) is 5.02 Å². The second-order valence-corrected chi connectivity index (χ2v) is 10.8. The quantitative estimate of drug-likeness (QED) is 0.466. The molecule has 0 fully saturated rings. The smallest absolute Gasteiger partial charge is 0.261 e. The number of nitrogens with zero attached hydrogens (tertiary/aromatic N) is 1. The highest BCUT2D eigenvalue weighted by atomic mass is 35.5. The zero-order valence-corrected chi connectivity index (χ0v) is 19.9. The lowest BCUT2D eigenvalue weighted by Gasteiger charge is -2.39. The van der Waals surface area contributed by atoms with Gasteiger partial charge in [-0.25, -0.2) is 0 Å². The minimum atomic E-state index is -3.67. The monoisotopic (exact) mass is 465 g/mol. The normalized spacial score (nSPS) is 19.2. The van der Waals surface area contributed by atoms with Gasteiger partial charge in [-0.05, 0) is 54.6 Å². The van der Waals surface area contributed by atoms with Crippen LogP contribution in [0.3, 0.4) is 0 Å². The highest BCUT2D eigenvalue weighted by molar-refractivity contribution is 7.85. The van der Waals surface area contributed by atoms with Crippen molar-refractivity contribution in [2.75, 3.05) is 12.8 Å². The zero-order chi connectivity index (χ0) is 21.9. The molecule has 0 spiro atoms. The largest absolute Gasteiger partial charge is 0.295 e. The van der Waals surface area contributed by atoms with Crippen molar-refractivity contribution in [2.45, 2.75) is 45.2 Å². The molecule has 1 aliphatic rings. The van der Waals surface area contributed by atoms with Gasteiger partial charge in [-0.3, -0.25) is 9.45 Å². The topological polar surface area (TPSA) is 57.6 Å². The number of hydrogen-bond donors (Lipinski definition) is 1. The van der Waals surface area contributed by atoms with Crippen LogP contribution in [0.1, 0.15) is 48.6 Å². The van der Waals surface area contributed by atoms with E-state index in [0.29, 0.717) is 18.2 Å². The fourth-order valence-corrected chi connectivity index (χ4v) is 5.66. The molecule has 0 radical (unpaired) electrons. The summed E-state index contributed by atoms with van der Waals surface area (Å²) in [7, 11) is -3.67. The van der Waals surface area contributed by atoms with Crippen molar-refractivity contribution in [2.24, 2.45) is 0 Å². The van der Waals surface area contributed by atoms with E-state index in [9.17, 15) is 8.42 Å². The van der Waals surface area contributed by atoms with Crippen LogP contribution in [0.5, 0.6) is 0 Å². The Balaban J connectivity index is 0.000000461. The highest BCUT2D eigenvalue weighted by Gasteiger charge is 2.35. The SMILES string of the molecule is CCCCN1Cc2c(sc3ccc(Cl)cc23)C(c2ccccc2)C1C.CS(=O)(=O)O. The van der Waals surface area contributed by atoms with Gasteiger partial charge >= 0.3 is 0 Å². The lowest BCUT2D eigenvalue weighted by Crippen LogP contribution is -2.41. The zero-order valence-electron chi connectivity index (χ0n) is 17.5. The second-order valence-electron chi connectivity index (χ2n) is 7.77. The molecule has 3 aromatic rings. The van der Waals surface area contributed by atoms with Gasteiger partial charge < -0.3 is 0 Å². The highest BCUT2D eigenvalue weighted by Crippen LogP contribution is 2.46. The summed E-state index contributed by atoms with van der Waals surface area (Å²) in [5.41, 5.74) is 2.92. The van der Waals surface area contributed by atoms with Gasteiger partial charge in [0.1, 0.15) is 0 Å². The Bertz CT molecular complexity index is 1090. The van der Waals surface area contributed by atoms with E-state index in [1.807, 2.05) is 17.4 Å². The fourth-order valence-electron chi connectivity index (χ4n) is 4.07. The van der Waals surface area contributed by atoms with Crippen LogP contribution < -0.4 is 0 Å². The van der Waals surface area contributed by atoms with Crippen LogP contribution in [0.25, 0.3) is 10.1 Å². The van der Waals surface area contributed by atoms with Crippen LogP contribution in [-0.2, 0) is 16.7 Å². The molecule has 1 aromatic heterocycles. The van der Waals surface area contributed by atoms with Crippen molar-refractivity contribution in [3.05, 3.63) is 69.6 Å². The number of fused-ring (bicyclic) bond motifs is 3. The van der Waals surface area contributed by atoms with Crippen molar-refractivity contribution in [3.63, 3.8) is 0 Å². The molecule has 0 aliphatic carbocycles. The first-order chi connectivity index (χ1) is 14.2. The molecular formula is C23H28ClNO3S2. The van der Waals surface area contributed by atoms with E-state index in [1.165, 1.54) is 45.5 Å². The molecule has 0 amide bonds. The molecule has 4 rings (SSSR count). The van der Waals surface area contributed by atoms with Crippen LogP contribution in [0.15, 0.2) is 48.5 Å². The molecule has 2 aromatic carbocycles. The minimum Gasteiger partial charge on any atom is -0.295 e. The summed E-state index contributed by atoms with van der Waals surface area (Å²) in [5, 5.41) is 2.19. The van der Waals surface area contributed by atoms with Crippen LogP contribution in [0, 0.1) is 0 Å². The molecule has 1 aliphatic heterocycles. The van der Waals surface area contributed by atoms with Gasteiger partial charge in [-0.2, -0.15) is 8.42 Å². The van der Waals surface area contributed by atoms with Crippen molar-refractivity contribution in [1.29, 1.82) is 0 Å². The Labute approximate surface area is 188 Å². The average molecular weight is 466 g/mol. The second kappa shape index (κ2) is 9.79. The van der Waals surface area contributed by atoms with Gasteiger partial charge in [0.05, 0.1) is 6.26 Å². The van der Waals surface area contributed by atoms with Crippen LogP contribution in [0.4, 0.5) is 0 Å². The molecule has 4 nitrogen and oxygen atoms in total. The van der Waals surface area contributed by atoms with E-state index in [0.717, 1.165) is 11.6 Å². The first-order valence-corrected chi connectivity index (χ1v) is 13.2. The van der Waals surface area contributed by atoms with Gasteiger partial charge in [0.25, 0.3) is 10.1 Å². The van der Waals surface area contributed by atoms with E-state index in [1.54, 1.807) is 0 Å². The molecule has 2 unspecified atom stereocenters. The summed E-state index contributed by atoms with van der Waals surface area (Å²) in [5.74, 6) is 0.443. The lowest BCUT2D eigenvalue weighted by atomic mass is 9.84.